The normalized spacial score (nSPS) is 22.7. The van der Waals surface area contributed by atoms with Gasteiger partial charge in [0.1, 0.15) is 5.04 Å². The first-order valence-corrected chi connectivity index (χ1v) is 12.2. The average Bonchev–Trinajstić information content (AvgIpc) is 3.42. The molecule has 0 unspecified atom stereocenters. The van der Waals surface area contributed by atoms with E-state index in [-0.39, 0.29) is 11.9 Å². The molecule has 0 aliphatic carbocycles. The number of H-pyrrole nitrogens is 1. The van der Waals surface area contributed by atoms with Crippen molar-refractivity contribution in [2.75, 3.05) is 50.6 Å². The van der Waals surface area contributed by atoms with Gasteiger partial charge in [-0.25, -0.2) is 0 Å². The Bertz CT molecular complexity index is 983. The Hall–Kier alpha value is -1.74. The molecule has 1 aromatic carbocycles. The molecule has 4 heterocycles. The van der Waals surface area contributed by atoms with E-state index in [1.54, 1.807) is 11.8 Å². The van der Waals surface area contributed by atoms with Crippen LogP contribution in [0.4, 0.5) is 5.69 Å². The van der Waals surface area contributed by atoms with Gasteiger partial charge < -0.3 is 24.7 Å². The number of amides is 1. The highest BCUT2D eigenvalue weighted by molar-refractivity contribution is 8.14. The zero-order valence-corrected chi connectivity index (χ0v) is 18.9. The van der Waals surface area contributed by atoms with Crippen LogP contribution < -0.4 is 5.32 Å². The maximum absolute atomic E-state index is 12.6. The molecule has 2 saturated heterocycles. The van der Waals surface area contributed by atoms with Crippen molar-refractivity contribution in [2.45, 2.75) is 31.3 Å². The second-order valence-corrected chi connectivity index (χ2v) is 9.67. The first-order valence-electron chi connectivity index (χ1n) is 10.9. The number of hydrogen-bond acceptors (Lipinski definition) is 6. The summed E-state index contributed by atoms with van der Waals surface area (Å²) in [5.74, 6) is 1.000. The van der Waals surface area contributed by atoms with Crippen molar-refractivity contribution in [1.82, 2.24) is 9.88 Å². The van der Waals surface area contributed by atoms with Crippen molar-refractivity contribution in [3.8, 4) is 0 Å². The Kier molecular flexibility index (Phi) is 6.41. The van der Waals surface area contributed by atoms with Crippen molar-refractivity contribution in [2.24, 2.45) is 4.99 Å². The van der Waals surface area contributed by atoms with Crippen LogP contribution in [-0.4, -0.2) is 78.2 Å². The number of ether oxygens (including phenoxy) is 2. The first kappa shape index (κ1) is 21.1. The molecule has 0 bridgehead atoms. The Labute approximate surface area is 190 Å². The van der Waals surface area contributed by atoms with Gasteiger partial charge in [0, 0.05) is 48.5 Å². The van der Waals surface area contributed by atoms with Crippen molar-refractivity contribution >= 4 is 50.9 Å². The third-order valence-electron chi connectivity index (χ3n) is 5.99. The van der Waals surface area contributed by atoms with Crippen LogP contribution in [0.3, 0.4) is 0 Å². The molecule has 2 aromatic rings. The standard InChI is InChI=1S/C22H27ClN4O3S/c23-15-9-14-10-19(26-21(14)18(11-15)24-16-1-5-29-6-2-16)22-25-17(13-31-22)12-20(28)27-3-7-30-8-4-27/h9-11,16-17,24,26H,1-8,12-13H2/t17-/m1/s1. The summed E-state index contributed by atoms with van der Waals surface area (Å²) < 4.78 is 10.8. The summed E-state index contributed by atoms with van der Waals surface area (Å²) in [5.41, 5.74) is 3.05. The minimum absolute atomic E-state index is 0.0187. The lowest BCUT2D eigenvalue weighted by Crippen LogP contribution is -2.41. The van der Waals surface area contributed by atoms with Gasteiger partial charge in [-0.2, -0.15) is 0 Å². The number of aromatic nitrogens is 1. The van der Waals surface area contributed by atoms with Crippen LogP contribution in [0.25, 0.3) is 10.9 Å². The molecule has 1 amide bonds. The fourth-order valence-electron chi connectivity index (χ4n) is 4.31. The summed E-state index contributed by atoms with van der Waals surface area (Å²) in [7, 11) is 0. The van der Waals surface area contributed by atoms with E-state index in [4.69, 9.17) is 26.1 Å². The van der Waals surface area contributed by atoms with Crippen LogP contribution in [-0.2, 0) is 14.3 Å². The molecule has 0 spiro atoms. The molecule has 7 nitrogen and oxygen atoms in total. The number of morpholine rings is 1. The highest BCUT2D eigenvalue weighted by atomic mass is 35.5. The van der Waals surface area contributed by atoms with Gasteiger partial charge in [0.05, 0.1) is 42.6 Å². The molecule has 3 aliphatic heterocycles. The molecular weight excluding hydrogens is 436 g/mol. The minimum Gasteiger partial charge on any atom is -0.381 e. The van der Waals surface area contributed by atoms with E-state index in [0.717, 1.165) is 59.1 Å². The number of aromatic amines is 1. The Balaban J connectivity index is 1.32. The predicted molar refractivity (Wildman–Crippen MR) is 126 cm³/mol. The molecule has 1 aromatic heterocycles. The molecule has 0 saturated carbocycles. The summed E-state index contributed by atoms with van der Waals surface area (Å²) >= 11 is 8.11. The third-order valence-corrected chi connectivity index (χ3v) is 7.36. The molecule has 9 heteroatoms. The molecule has 3 aliphatic rings. The molecule has 31 heavy (non-hydrogen) atoms. The van der Waals surface area contributed by atoms with E-state index in [1.165, 1.54) is 0 Å². The monoisotopic (exact) mass is 462 g/mol. The van der Waals surface area contributed by atoms with E-state index < -0.39 is 0 Å². The summed E-state index contributed by atoms with van der Waals surface area (Å²) in [6.45, 7) is 4.19. The maximum Gasteiger partial charge on any atom is 0.224 e. The van der Waals surface area contributed by atoms with E-state index in [0.29, 0.717) is 43.8 Å². The van der Waals surface area contributed by atoms with Crippen LogP contribution >= 0.6 is 23.4 Å². The molecule has 1 atom stereocenters. The lowest BCUT2D eigenvalue weighted by atomic mass is 10.1. The molecular formula is C22H27ClN4O3S. The largest absolute Gasteiger partial charge is 0.381 e. The molecule has 5 rings (SSSR count). The van der Waals surface area contributed by atoms with Crippen molar-refractivity contribution in [3.05, 3.63) is 28.9 Å². The van der Waals surface area contributed by atoms with Gasteiger partial charge in [0.2, 0.25) is 5.91 Å². The number of nitrogens with one attached hydrogen (secondary N) is 2. The average molecular weight is 463 g/mol. The third kappa shape index (κ3) is 4.87. The van der Waals surface area contributed by atoms with Gasteiger partial charge in [-0.1, -0.05) is 11.6 Å². The topological polar surface area (TPSA) is 78.9 Å². The number of hydrogen-bond donors (Lipinski definition) is 2. The minimum atomic E-state index is 0.0187. The van der Waals surface area contributed by atoms with Gasteiger partial charge in [-0.3, -0.25) is 9.79 Å². The van der Waals surface area contributed by atoms with E-state index in [2.05, 4.69) is 16.4 Å². The summed E-state index contributed by atoms with van der Waals surface area (Å²) in [5, 5.41) is 6.37. The Morgan fingerprint density at radius 3 is 2.77 bits per heavy atom. The summed E-state index contributed by atoms with van der Waals surface area (Å²) in [6, 6.07) is 6.47. The first-order chi connectivity index (χ1) is 15.2. The number of thioether (sulfide) groups is 1. The van der Waals surface area contributed by atoms with Gasteiger partial charge in [-0.05, 0) is 31.0 Å². The van der Waals surface area contributed by atoms with E-state index in [1.807, 2.05) is 17.0 Å². The Morgan fingerprint density at radius 2 is 1.97 bits per heavy atom. The lowest BCUT2D eigenvalue weighted by Gasteiger charge is -2.27. The van der Waals surface area contributed by atoms with E-state index >= 15 is 0 Å². The molecule has 2 N–H and O–H groups in total. The smallest absolute Gasteiger partial charge is 0.224 e. The second-order valence-electron chi connectivity index (χ2n) is 8.23. The number of benzene rings is 1. The van der Waals surface area contributed by atoms with Gasteiger partial charge in [0.15, 0.2) is 0 Å². The highest BCUT2D eigenvalue weighted by Gasteiger charge is 2.26. The lowest BCUT2D eigenvalue weighted by molar-refractivity contribution is -0.135. The highest BCUT2D eigenvalue weighted by Crippen LogP contribution is 2.33. The van der Waals surface area contributed by atoms with Crippen LogP contribution in [0.5, 0.6) is 0 Å². The number of rotatable bonds is 5. The SMILES string of the molecule is O=C(C[C@@H]1CSC(c2cc3cc(Cl)cc(NC4CCOCC4)c3[nH]2)=N1)N1CCOCC1. The number of nitrogens with zero attached hydrogens (tertiary/aromatic N) is 2. The predicted octanol–water partition coefficient (Wildman–Crippen LogP) is 3.52. The number of carbonyl (C=O) groups excluding carboxylic acids is 1. The van der Waals surface area contributed by atoms with E-state index in [9.17, 15) is 4.79 Å². The molecule has 0 radical (unpaired) electrons. The van der Waals surface area contributed by atoms with Crippen LogP contribution in [0.1, 0.15) is 25.0 Å². The second kappa shape index (κ2) is 9.40. The molecule has 2 fully saturated rings. The number of fused-ring (bicyclic) bond motifs is 1. The van der Waals surface area contributed by atoms with Crippen LogP contribution in [0.2, 0.25) is 5.02 Å². The van der Waals surface area contributed by atoms with Gasteiger partial charge >= 0.3 is 0 Å². The zero-order chi connectivity index (χ0) is 21.2. The quantitative estimate of drug-likeness (QED) is 0.710. The van der Waals surface area contributed by atoms with Crippen molar-refractivity contribution < 1.29 is 14.3 Å². The number of anilines is 1. The van der Waals surface area contributed by atoms with Crippen LogP contribution in [0.15, 0.2) is 23.2 Å². The fraction of sp³-hybridized carbons (Fsp3) is 0.545. The van der Waals surface area contributed by atoms with Gasteiger partial charge in [0.25, 0.3) is 0 Å². The number of carbonyl (C=O) groups is 1. The Morgan fingerprint density at radius 1 is 1.19 bits per heavy atom. The maximum atomic E-state index is 12.6. The van der Waals surface area contributed by atoms with Gasteiger partial charge in [-0.15, -0.1) is 11.8 Å². The summed E-state index contributed by atoms with van der Waals surface area (Å²) in [4.78, 5) is 22.9. The number of halogens is 1. The van der Waals surface area contributed by atoms with Crippen LogP contribution in [0, 0.1) is 0 Å². The number of aliphatic imine (C=N–C) groups is 1. The summed E-state index contributed by atoms with van der Waals surface area (Å²) in [6.07, 6.45) is 2.44. The molecule has 166 valence electrons. The fourth-order valence-corrected chi connectivity index (χ4v) is 5.57. The van der Waals surface area contributed by atoms with Crippen molar-refractivity contribution in [1.29, 1.82) is 0 Å². The van der Waals surface area contributed by atoms with Crippen molar-refractivity contribution in [3.63, 3.8) is 0 Å². The zero-order valence-electron chi connectivity index (χ0n) is 17.4.